The van der Waals surface area contributed by atoms with E-state index in [0.717, 1.165) is 38.6 Å². The van der Waals surface area contributed by atoms with Gasteiger partial charge in [0, 0.05) is 38.2 Å². The van der Waals surface area contributed by atoms with E-state index in [9.17, 15) is 0 Å². The summed E-state index contributed by atoms with van der Waals surface area (Å²) < 4.78 is 11.3. The van der Waals surface area contributed by atoms with Crippen LogP contribution in [0.15, 0.2) is 4.99 Å². The first-order valence-electron chi connectivity index (χ1n) is 8.35. The number of likely N-dealkylation sites (N-methyl/N-ethyl adjacent to an activating group) is 1. The molecule has 0 amide bonds. The molecule has 3 atom stereocenters. The summed E-state index contributed by atoms with van der Waals surface area (Å²) in [5.74, 6) is 0.881. The Kier molecular flexibility index (Phi) is 8.54. The lowest BCUT2D eigenvalue weighted by molar-refractivity contribution is -0.0923. The van der Waals surface area contributed by atoms with E-state index in [1.807, 2.05) is 0 Å². The van der Waals surface area contributed by atoms with Gasteiger partial charge >= 0.3 is 0 Å². The van der Waals surface area contributed by atoms with Gasteiger partial charge in [-0.05, 0) is 20.4 Å². The summed E-state index contributed by atoms with van der Waals surface area (Å²) in [7, 11) is 3.92. The number of guanidine groups is 1. The highest BCUT2D eigenvalue weighted by Gasteiger charge is 2.48. The summed E-state index contributed by atoms with van der Waals surface area (Å²) in [4.78, 5) is 7.01. The highest BCUT2D eigenvalue weighted by molar-refractivity contribution is 14.0. The van der Waals surface area contributed by atoms with Gasteiger partial charge < -0.3 is 25.0 Å². The average Bonchev–Trinajstić information content (AvgIpc) is 2.48. The predicted octanol–water partition coefficient (Wildman–Crippen LogP) is 1.30. The Bertz CT molecular complexity index is 392. The standard InChI is InChI=1S/C16H32N4O2.HI/c1-6-17-15(18-10-12-11-20(4)7-8-22-12)19-13-9-14(21-5)16(13,2)3;/h12-14H,6-11H2,1-5H3,(H2,17,18,19);1H. The zero-order valence-electron chi connectivity index (χ0n) is 15.1. The van der Waals surface area contributed by atoms with Crippen molar-refractivity contribution >= 4 is 29.9 Å². The van der Waals surface area contributed by atoms with Crippen molar-refractivity contribution < 1.29 is 9.47 Å². The first kappa shape index (κ1) is 20.9. The fourth-order valence-corrected chi connectivity index (χ4v) is 3.19. The van der Waals surface area contributed by atoms with E-state index in [0.29, 0.717) is 18.7 Å². The van der Waals surface area contributed by atoms with Crippen molar-refractivity contribution in [3.05, 3.63) is 0 Å². The maximum atomic E-state index is 5.77. The van der Waals surface area contributed by atoms with Crippen LogP contribution in [-0.2, 0) is 9.47 Å². The number of rotatable bonds is 5. The van der Waals surface area contributed by atoms with Crippen molar-refractivity contribution in [2.45, 2.75) is 45.4 Å². The van der Waals surface area contributed by atoms with Crippen molar-refractivity contribution in [1.29, 1.82) is 0 Å². The fourth-order valence-electron chi connectivity index (χ4n) is 3.19. The molecule has 6 nitrogen and oxygen atoms in total. The molecule has 23 heavy (non-hydrogen) atoms. The first-order valence-corrected chi connectivity index (χ1v) is 8.35. The fraction of sp³-hybridized carbons (Fsp3) is 0.938. The lowest BCUT2D eigenvalue weighted by Crippen LogP contribution is -2.63. The molecular weight excluding hydrogens is 407 g/mol. The van der Waals surface area contributed by atoms with Gasteiger partial charge in [0.2, 0.25) is 0 Å². The van der Waals surface area contributed by atoms with Crippen LogP contribution < -0.4 is 10.6 Å². The minimum Gasteiger partial charge on any atom is -0.381 e. The first-order chi connectivity index (χ1) is 10.5. The summed E-state index contributed by atoms with van der Waals surface area (Å²) in [5.41, 5.74) is 0.131. The molecule has 136 valence electrons. The zero-order chi connectivity index (χ0) is 16.2. The molecule has 2 N–H and O–H groups in total. The van der Waals surface area contributed by atoms with Gasteiger partial charge in [0.15, 0.2) is 5.96 Å². The van der Waals surface area contributed by atoms with Crippen LogP contribution in [0.5, 0.6) is 0 Å². The van der Waals surface area contributed by atoms with E-state index in [4.69, 9.17) is 14.5 Å². The number of nitrogens with one attached hydrogen (secondary N) is 2. The van der Waals surface area contributed by atoms with Crippen molar-refractivity contribution in [1.82, 2.24) is 15.5 Å². The van der Waals surface area contributed by atoms with Crippen LogP contribution in [0.25, 0.3) is 0 Å². The third-order valence-corrected chi connectivity index (χ3v) is 4.91. The summed E-state index contributed by atoms with van der Waals surface area (Å²) in [6.07, 6.45) is 1.54. The second kappa shape index (κ2) is 9.39. The minimum absolute atomic E-state index is 0. The van der Waals surface area contributed by atoms with E-state index in [1.54, 1.807) is 7.11 Å². The third kappa shape index (κ3) is 5.44. The molecular formula is C16H33IN4O2. The van der Waals surface area contributed by atoms with Crippen molar-refractivity contribution in [3.63, 3.8) is 0 Å². The molecule has 3 unspecified atom stereocenters. The van der Waals surface area contributed by atoms with Gasteiger partial charge in [0.25, 0.3) is 0 Å². The molecule has 1 heterocycles. The predicted molar refractivity (Wildman–Crippen MR) is 105 cm³/mol. The maximum absolute atomic E-state index is 5.77. The molecule has 0 aromatic rings. The van der Waals surface area contributed by atoms with Gasteiger partial charge in [0.05, 0.1) is 25.4 Å². The molecule has 2 fully saturated rings. The van der Waals surface area contributed by atoms with Gasteiger partial charge in [0.1, 0.15) is 0 Å². The maximum Gasteiger partial charge on any atom is 0.191 e. The number of ether oxygens (including phenoxy) is 2. The van der Waals surface area contributed by atoms with Gasteiger partial charge in [-0.2, -0.15) is 0 Å². The number of nitrogens with zero attached hydrogens (tertiary/aromatic N) is 2. The second-order valence-corrected chi connectivity index (χ2v) is 6.95. The second-order valence-electron chi connectivity index (χ2n) is 6.95. The van der Waals surface area contributed by atoms with Gasteiger partial charge in [-0.25, -0.2) is 0 Å². The Morgan fingerprint density at radius 1 is 1.43 bits per heavy atom. The van der Waals surface area contributed by atoms with E-state index >= 15 is 0 Å². The molecule has 2 rings (SSSR count). The Hall–Kier alpha value is -0.120. The largest absolute Gasteiger partial charge is 0.381 e. The number of methoxy groups -OCH3 is 1. The van der Waals surface area contributed by atoms with Crippen LogP contribution in [0.1, 0.15) is 27.2 Å². The van der Waals surface area contributed by atoms with Crippen molar-refractivity contribution in [2.75, 3.05) is 46.9 Å². The van der Waals surface area contributed by atoms with Crippen molar-refractivity contribution in [2.24, 2.45) is 10.4 Å². The van der Waals surface area contributed by atoms with E-state index in [-0.39, 0.29) is 35.5 Å². The monoisotopic (exact) mass is 440 g/mol. The Morgan fingerprint density at radius 3 is 2.74 bits per heavy atom. The van der Waals surface area contributed by atoms with Crippen LogP contribution in [0, 0.1) is 5.41 Å². The molecule has 0 aromatic carbocycles. The molecule has 0 radical (unpaired) electrons. The van der Waals surface area contributed by atoms with Gasteiger partial charge in [-0.1, -0.05) is 13.8 Å². The smallest absolute Gasteiger partial charge is 0.191 e. The molecule has 0 bridgehead atoms. The summed E-state index contributed by atoms with van der Waals surface area (Å²) >= 11 is 0. The van der Waals surface area contributed by atoms with Crippen LogP contribution in [0.4, 0.5) is 0 Å². The topological polar surface area (TPSA) is 58.1 Å². The minimum atomic E-state index is 0. The lowest BCUT2D eigenvalue weighted by Gasteiger charge is -2.51. The third-order valence-electron chi connectivity index (χ3n) is 4.91. The average molecular weight is 440 g/mol. The highest BCUT2D eigenvalue weighted by Crippen LogP contribution is 2.42. The number of halogens is 1. The van der Waals surface area contributed by atoms with Gasteiger partial charge in [-0.3, -0.25) is 4.99 Å². The van der Waals surface area contributed by atoms with E-state index < -0.39 is 0 Å². The van der Waals surface area contributed by atoms with E-state index in [1.165, 1.54) is 0 Å². The molecule has 2 aliphatic rings. The summed E-state index contributed by atoms with van der Waals surface area (Å²) in [6.45, 7) is 10.9. The number of aliphatic imine (C=N–C) groups is 1. The zero-order valence-corrected chi connectivity index (χ0v) is 17.4. The molecule has 7 heteroatoms. The number of morpholine rings is 1. The van der Waals surface area contributed by atoms with Crippen molar-refractivity contribution in [3.8, 4) is 0 Å². The summed E-state index contributed by atoms with van der Waals surface area (Å²) in [5, 5.41) is 6.88. The van der Waals surface area contributed by atoms with Crippen LogP contribution in [0.3, 0.4) is 0 Å². The molecule has 1 saturated carbocycles. The molecule has 0 spiro atoms. The molecule has 1 saturated heterocycles. The normalized spacial score (nSPS) is 31.0. The number of hydrogen-bond donors (Lipinski definition) is 2. The quantitative estimate of drug-likeness (QED) is 0.384. The lowest BCUT2D eigenvalue weighted by atomic mass is 9.64. The van der Waals surface area contributed by atoms with Crippen LogP contribution in [0.2, 0.25) is 0 Å². The molecule has 1 aliphatic carbocycles. The molecule has 1 aliphatic heterocycles. The Morgan fingerprint density at radius 2 is 2.17 bits per heavy atom. The molecule has 0 aromatic heterocycles. The SMILES string of the molecule is CCNC(=NCC1CN(C)CCO1)NC1CC(OC)C1(C)C.I. The number of hydrogen-bond acceptors (Lipinski definition) is 4. The van der Waals surface area contributed by atoms with E-state index in [2.05, 4.69) is 43.4 Å². The van der Waals surface area contributed by atoms with Crippen LogP contribution >= 0.6 is 24.0 Å². The van der Waals surface area contributed by atoms with Crippen LogP contribution in [-0.4, -0.2) is 76.1 Å². The Labute approximate surface area is 157 Å². The Balaban J connectivity index is 0.00000264. The highest BCUT2D eigenvalue weighted by atomic mass is 127. The summed E-state index contributed by atoms with van der Waals surface area (Å²) in [6, 6.07) is 0.394. The van der Waals surface area contributed by atoms with Gasteiger partial charge in [-0.15, -0.1) is 24.0 Å².